The first-order valence-corrected chi connectivity index (χ1v) is 9.15. The zero-order valence-corrected chi connectivity index (χ0v) is 15.4. The van der Waals surface area contributed by atoms with Crippen molar-refractivity contribution in [3.8, 4) is 17.0 Å². The highest BCUT2D eigenvalue weighted by Gasteiger charge is 2.20. The highest BCUT2D eigenvalue weighted by molar-refractivity contribution is 5.94. The number of ether oxygens (including phenoxy) is 1. The van der Waals surface area contributed by atoms with E-state index in [9.17, 15) is 0 Å². The second-order valence-corrected chi connectivity index (χ2v) is 6.58. The Kier molecular flexibility index (Phi) is 5.91. The minimum Gasteiger partial charge on any atom is -0.497 e. The van der Waals surface area contributed by atoms with Gasteiger partial charge in [0.2, 0.25) is 0 Å². The molecule has 0 amide bonds. The fourth-order valence-corrected chi connectivity index (χ4v) is 3.50. The lowest BCUT2D eigenvalue weighted by atomic mass is 10.1. The predicted molar refractivity (Wildman–Crippen MR) is 113 cm³/mol. The van der Waals surface area contributed by atoms with Gasteiger partial charge in [0.25, 0.3) is 0 Å². The van der Waals surface area contributed by atoms with Crippen LogP contribution in [0.5, 0.6) is 5.75 Å². The van der Waals surface area contributed by atoms with Gasteiger partial charge in [-0.25, -0.2) is 4.98 Å². The molecule has 1 aromatic carbocycles. The molecule has 1 fully saturated rings. The highest BCUT2D eigenvalue weighted by atomic mass is 16.5. The first kappa shape index (κ1) is 19.1. The van der Waals surface area contributed by atoms with Crippen LogP contribution in [0.3, 0.4) is 0 Å². The largest absolute Gasteiger partial charge is 0.497 e. The smallest absolute Gasteiger partial charge is 0.138 e. The summed E-state index contributed by atoms with van der Waals surface area (Å²) in [6, 6.07) is 12.3. The van der Waals surface area contributed by atoms with Gasteiger partial charge in [0, 0.05) is 49.5 Å². The van der Waals surface area contributed by atoms with Gasteiger partial charge in [-0.2, -0.15) is 0 Å². The minimum atomic E-state index is 0. The van der Waals surface area contributed by atoms with Crippen molar-refractivity contribution in [3.05, 3.63) is 48.8 Å². The molecule has 5 nitrogen and oxygen atoms in total. The van der Waals surface area contributed by atoms with Crippen LogP contribution in [-0.4, -0.2) is 54.7 Å². The van der Waals surface area contributed by atoms with Crippen molar-refractivity contribution >= 4 is 16.6 Å². The first-order chi connectivity index (χ1) is 12.8. The Bertz CT molecular complexity index is 886. The normalized spacial score (nSPS) is 14.8. The Morgan fingerprint density at radius 1 is 1.04 bits per heavy atom. The van der Waals surface area contributed by atoms with Gasteiger partial charge in [-0.3, -0.25) is 4.98 Å². The monoisotopic (exact) mass is 364 g/mol. The Morgan fingerprint density at radius 2 is 1.78 bits per heavy atom. The maximum atomic E-state index is 5.27. The van der Waals surface area contributed by atoms with Crippen molar-refractivity contribution in [1.29, 1.82) is 0 Å². The number of likely N-dealkylation sites (N-methyl/N-ethyl adjacent to an activating group) is 1. The summed E-state index contributed by atoms with van der Waals surface area (Å²) in [7, 11) is 1.68. The van der Waals surface area contributed by atoms with Gasteiger partial charge >= 0.3 is 0 Å². The van der Waals surface area contributed by atoms with E-state index in [1.54, 1.807) is 7.11 Å². The molecule has 3 heterocycles. The van der Waals surface area contributed by atoms with Gasteiger partial charge in [0.05, 0.1) is 12.8 Å². The van der Waals surface area contributed by atoms with Crippen LogP contribution >= 0.6 is 0 Å². The van der Waals surface area contributed by atoms with Gasteiger partial charge in [0.15, 0.2) is 0 Å². The van der Waals surface area contributed by atoms with E-state index >= 15 is 0 Å². The zero-order valence-electron chi connectivity index (χ0n) is 15.4. The number of nitrogens with zero attached hydrogens (tertiary/aromatic N) is 4. The quantitative estimate of drug-likeness (QED) is 0.698. The number of methoxy groups -OCH3 is 1. The average molecular weight is 364 g/mol. The predicted octanol–water partition coefficient (Wildman–Crippen LogP) is 4.08. The molecule has 142 valence electrons. The second-order valence-electron chi connectivity index (χ2n) is 6.58. The molecule has 4 rings (SSSR count). The molecule has 0 N–H and O–H groups in total. The number of aromatic nitrogens is 2. The summed E-state index contributed by atoms with van der Waals surface area (Å²) in [6.45, 7) is 7.47. The fraction of sp³-hybridized carbons (Fsp3) is 0.364. The third kappa shape index (κ3) is 3.88. The third-order valence-electron chi connectivity index (χ3n) is 5.12. The second kappa shape index (κ2) is 8.35. The highest BCUT2D eigenvalue weighted by Crippen LogP contribution is 2.30. The number of fused-ring (bicyclic) bond motifs is 1. The van der Waals surface area contributed by atoms with Gasteiger partial charge in [0.1, 0.15) is 11.6 Å². The fourth-order valence-electron chi connectivity index (χ4n) is 3.50. The van der Waals surface area contributed by atoms with E-state index in [4.69, 9.17) is 9.72 Å². The molecule has 1 aliphatic heterocycles. The van der Waals surface area contributed by atoms with E-state index < -0.39 is 0 Å². The van der Waals surface area contributed by atoms with Crippen molar-refractivity contribution < 1.29 is 4.74 Å². The van der Waals surface area contributed by atoms with Crippen LogP contribution in [0.4, 0.5) is 5.82 Å². The standard InChI is InChI=1S/C21H24N4O.CH4/c1-3-24-10-12-25(13-11-24)21-19-15-22-9-8-17(19)14-20(23-21)16-4-6-18(26-2)7-5-16;/h4-9,14-15H,3,10-13H2,1-2H3;1H4. The van der Waals surface area contributed by atoms with Crippen LogP contribution in [0.2, 0.25) is 0 Å². The molecule has 0 aliphatic carbocycles. The lowest BCUT2D eigenvalue weighted by Gasteiger charge is -2.35. The van der Waals surface area contributed by atoms with Crippen molar-refractivity contribution in [2.75, 3.05) is 44.7 Å². The minimum absolute atomic E-state index is 0. The molecule has 0 atom stereocenters. The molecule has 0 bridgehead atoms. The summed E-state index contributed by atoms with van der Waals surface area (Å²) >= 11 is 0. The molecule has 27 heavy (non-hydrogen) atoms. The summed E-state index contributed by atoms with van der Waals surface area (Å²) in [5.74, 6) is 1.90. The molecule has 2 aromatic heterocycles. The molecule has 1 aliphatic rings. The summed E-state index contributed by atoms with van der Waals surface area (Å²) in [4.78, 5) is 14.2. The van der Waals surface area contributed by atoms with Gasteiger partial charge in [-0.15, -0.1) is 0 Å². The molecule has 0 radical (unpaired) electrons. The van der Waals surface area contributed by atoms with Crippen molar-refractivity contribution in [2.45, 2.75) is 14.4 Å². The Morgan fingerprint density at radius 3 is 2.44 bits per heavy atom. The van der Waals surface area contributed by atoms with Gasteiger partial charge < -0.3 is 14.5 Å². The number of rotatable bonds is 4. The number of hydrogen-bond donors (Lipinski definition) is 0. The summed E-state index contributed by atoms with van der Waals surface area (Å²) in [6.07, 6.45) is 3.78. The van der Waals surface area contributed by atoms with E-state index in [1.165, 1.54) is 5.39 Å². The Labute approximate surface area is 161 Å². The first-order valence-electron chi connectivity index (χ1n) is 9.15. The van der Waals surface area contributed by atoms with Crippen LogP contribution in [-0.2, 0) is 0 Å². The van der Waals surface area contributed by atoms with Crippen molar-refractivity contribution in [2.24, 2.45) is 0 Å². The van der Waals surface area contributed by atoms with E-state index in [-0.39, 0.29) is 7.43 Å². The van der Waals surface area contributed by atoms with E-state index in [0.29, 0.717) is 0 Å². The number of piperazine rings is 1. The molecule has 0 unspecified atom stereocenters. The number of benzene rings is 1. The SMILES string of the molecule is C.CCN1CCN(c2nc(-c3ccc(OC)cc3)cc3ccncc23)CC1. The zero-order chi connectivity index (χ0) is 17.9. The lowest BCUT2D eigenvalue weighted by Crippen LogP contribution is -2.46. The summed E-state index contributed by atoms with van der Waals surface area (Å²) < 4.78 is 5.27. The van der Waals surface area contributed by atoms with Crippen molar-refractivity contribution in [3.63, 3.8) is 0 Å². The van der Waals surface area contributed by atoms with E-state index in [0.717, 1.165) is 60.9 Å². The topological polar surface area (TPSA) is 41.5 Å². The van der Waals surface area contributed by atoms with Crippen molar-refractivity contribution in [1.82, 2.24) is 14.9 Å². The molecule has 0 spiro atoms. The van der Waals surface area contributed by atoms with E-state index in [1.807, 2.05) is 24.5 Å². The van der Waals surface area contributed by atoms with Gasteiger partial charge in [-0.1, -0.05) is 14.4 Å². The third-order valence-corrected chi connectivity index (χ3v) is 5.12. The lowest BCUT2D eigenvalue weighted by molar-refractivity contribution is 0.271. The summed E-state index contributed by atoms with van der Waals surface area (Å²) in [5, 5.41) is 2.29. The van der Waals surface area contributed by atoms with Crippen LogP contribution in [0.25, 0.3) is 22.0 Å². The number of hydrogen-bond acceptors (Lipinski definition) is 5. The number of pyridine rings is 2. The molecule has 1 saturated heterocycles. The van der Waals surface area contributed by atoms with Gasteiger partial charge in [-0.05, 0) is 48.3 Å². The molecule has 0 saturated carbocycles. The Hall–Kier alpha value is -2.66. The molecule has 5 heteroatoms. The number of anilines is 1. The van der Waals surface area contributed by atoms with Crippen LogP contribution in [0.1, 0.15) is 14.4 Å². The maximum absolute atomic E-state index is 5.27. The average Bonchev–Trinajstić information content (AvgIpc) is 2.73. The maximum Gasteiger partial charge on any atom is 0.138 e. The molecular formula is C22H28N4O. The van der Waals surface area contributed by atoms with Crippen LogP contribution < -0.4 is 9.64 Å². The molecular weight excluding hydrogens is 336 g/mol. The Balaban J connectivity index is 0.00000210. The van der Waals surface area contributed by atoms with Crippen LogP contribution in [0.15, 0.2) is 48.8 Å². The van der Waals surface area contributed by atoms with E-state index in [2.05, 4.69) is 46.0 Å². The van der Waals surface area contributed by atoms with Crippen LogP contribution in [0, 0.1) is 0 Å². The molecule has 3 aromatic rings. The summed E-state index contributed by atoms with van der Waals surface area (Å²) in [5.41, 5.74) is 2.08.